The fourth-order valence-corrected chi connectivity index (χ4v) is 6.06. The number of nitrogen functional groups attached to an aromatic ring is 1. The van der Waals surface area contributed by atoms with Crippen molar-refractivity contribution in [3.63, 3.8) is 0 Å². The average Bonchev–Trinajstić information content (AvgIpc) is 3.67. The van der Waals surface area contributed by atoms with Gasteiger partial charge < -0.3 is 19.9 Å². The summed E-state index contributed by atoms with van der Waals surface area (Å²) in [5.74, 6) is 2.02. The third kappa shape index (κ3) is 4.81. The highest BCUT2D eigenvalue weighted by atomic mass is 35.5. The second-order valence-electron chi connectivity index (χ2n) is 9.58. The molecule has 0 aliphatic carbocycles. The molecule has 11 heteroatoms. The Morgan fingerprint density at radius 3 is 2.72 bits per heavy atom. The first-order valence-electron chi connectivity index (χ1n) is 12.5. The number of benzene rings is 2. The third-order valence-electron chi connectivity index (χ3n) is 7.23. The van der Waals surface area contributed by atoms with Crippen LogP contribution in [0, 0.1) is 0 Å². The minimum Gasteiger partial charge on any atom is -0.493 e. The predicted octanol–water partition coefficient (Wildman–Crippen LogP) is 6.83. The monoisotopic (exact) mass is 585 g/mol. The van der Waals surface area contributed by atoms with Crippen molar-refractivity contribution < 1.29 is 14.2 Å². The lowest BCUT2D eigenvalue weighted by molar-refractivity contribution is 0.134. The molecule has 2 aliphatic rings. The largest absolute Gasteiger partial charge is 0.493 e. The van der Waals surface area contributed by atoms with Crippen molar-refractivity contribution in [2.45, 2.75) is 31.1 Å². The van der Waals surface area contributed by atoms with Crippen LogP contribution >= 0.6 is 34.8 Å². The van der Waals surface area contributed by atoms with Gasteiger partial charge in [-0.2, -0.15) is 5.10 Å². The molecule has 2 fully saturated rings. The summed E-state index contributed by atoms with van der Waals surface area (Å²) in [6.07, 6.45) is 5.44. The number of rotatable bonds is 7. The minimum absolute atomic E-state index is 0.0711. The lowest BCUT2D eigenvalue weighted by Crippen LogP contribution is -2.37. The van der Waals surface area contributed by atoms with E-state index in [1.54, 1.807) is 25.3 Å². The van der Waals surface area contributed by atoms with Gasteiger partial charge in [0.05, 0.1) is 27.9 Å². The molecular weight excluding hydrogens is 561 g/mol. The molecule has 202 valence electrons. The quantitative estimate of drug-likeness (QED) is 0.187. The van der Waals surface area contributed by atoms with Crippen molar-refractivity contribution in [1.82, 2.24) is 19.5 Å². The molecule has 2 saturated heterocycles. The number of nitrogens with zero attached hydrogens (tertiary/aromatic N) is 4. The molecule has 4 aromatic rings. The molecule has 2 N–H and O–H groups in total. The van der Waals surface area contributed by atoms with E-state index in [1.807, 2.05) is 28.8 Å². The first-order valence-corrected chi connectivity index (χ1v) is 13.7. The number of aromatic nitrogens is 3. The van der Waals surface area contributed by atoms with Crippen LogP contribution in [-0.2, 0) is 4.74 Å². The Morgan fingerprint density at radius 2 is 1.97 bits per heavy atom. The van der Waals surface area contributed by atoms with Crippen LogP contribution in [0.25, 0.3) is 16.6 Å². The normalized spacial score (nSPS) is 21.2. The lowest BCUT2D eigenvalue weighted by Gasteiger charge is -2.31. The Bertz CT molecular complexity index is 1580. The van der Waals surface area contributed by atoms with E-state index in [-0.39, 0.29) is 18.2 Å². The Morgan fingerprint density at radius 1 is 1.13 bits per heavy atom. The first kappa shape index (κ1) is 26.2. The standard InChI is InChI=1S/C28H26Cl3N5O3/c1-3-20-28(39-20)35-10-4-5-16(13-35)25-24(31)23(26-27(32)33-14-34-36(25)26)15-6-9-21(22(11-15)37-2)38-17-7-8-18(29)19(30)12-17/h3,6-9,11-12,14,16,20,28H,1,4-5,10,13H2,2H3,(H2,32,33,34). The summed E-state index contributed by atoms with van der Waals surface area (Å²) < 4.78 is 19.3. The van der Waals surface area contributed by atoms with Gasteiger partial charge in [-0.25, -0.2) is 9.50 Å². The van der Waals surface area contributed by atoms with E-state index < -0.39 is 0 Å². The number of fused-ring (bicyclic) bond motifs is 1. The smallest absolute Gasteiger partial charge is 0.169 e. The topological polar surface area (TPSA) is 90.4 Å². The molecular formula is C28H26Cl3N5O3. The zero-order valence-corrected chi connectivity index (χ0v) is 23.4. The number of nitrogens with two attached hydrogens (primary N) is 1. The van der Waals surface area contributed by atoms with Crippen LogP contribution in [0.1, 0.15) is 24.5 Å². The van der Waals surface area contributed by atoms with Crippen LogP contribution in [0.5, 0.6) is 17.2 Å². The summed E-state index contributed by atoms with van der Waals surface area (Å²) in [6, 6.07) is 10.7. The number of hydrogen-bond donors (Lipinski definition) is 1. The van der Waals surface area contributed by atoms with Gasteiger partial charge in [-0.3, -0.25) is 4.90 Å². The number of piperidine rings is 1. The fourth-order valence-electron chi connectivity index (χ4n) is 5.34. The molecule has 2 aromatic heterocycles. The third-order valence-corrected chi connectivity index (χ3v) is 8.35. The molecule has 3 atom stereocenters. The van der Waals surface area contributed by atoms with Gasteiger partial charge in [0.15, 0.2) is 17.3 Å². The van der Waals surface area contributed by atoms with E-state index in [0.717, 1.165) is 42.8 Å². The van der Waals surface area contributed by atoms with Gasteiger partial charge in [0.2, 0.25) is 0 Å². The number of hydrogen-bond acceptors (Lipinski definition) is 7. The van der Waals surface area contributed by atoms with Crippen LogP contribution in [0.3, 0.4) is 0 Å². The SMILES string of the molecule is C=CC1OC1N1CCCC(c2c(Cl)c(-c3ccc(Oc4ccc(Cl)c(Cl)c4)c(OC)c3)c3c(N)ncnn23)C1. The van der Waals surface area contributed by atoms with Crippen molar-refractivity contribution in [3.05, 3.63) is 76.1 Å². The molecule has 39 heavy (non-hydrogen) atoms. The van der Waals surface area contributed by atoms with Crippen molar-refractivity contribution in [2.75, 3.05) is 25.9 Å². The molecule has 2 aromatic carbocycles. The highest BCUT2D eigenvalue weighted by Gasteiger charge is 2.43. The molecule has 0 radical (unpaired) electrons. The van der Waals surface area contributed by atoms with E-state index >= 15 is 0 Å². The van der Waals surface area contributed by atoms with Crippen LogP contribution in [0.15, 0.2) is 55.4 Å². The summed E-state index contributed by atoms with van der Waals surface area (Å²) in [4.78, 5) is 6.61. The van der Waals surface area contributed by atoms with Crippen molar-refractivity contribution in [2.24, 2.45) is 0 Å². The summed E-state index contributed by atoms with van der Waals surface area (Å²) >= 11 is 19.4. The van der Waals surface area contributed by atoms with E-state index in [0.29, 0.717) is 43.7 Å². The molecule has 2 aliphatic heterocycles. The zero-order chi connectivity index (χ0) is 27.3. The summed E-state index contributed by atoms with van der Waals surface area (Å²) in [5, 5.41) is 6.00. The molecule has 0 bridgehead atoms. The van der Waals surface area contributed by atoms with Gasteiger partial charge in [0.1, 0.15) is 29.9 Å². The summed E-state index contributed by atoms with van der Waals surface area (Å²) in [6.45, 7) is 5.62. The molecule has 0 saturated carbocycles. The molecule has 6 rings (SSSR count). The second-order valence-corrected chi connectivity index (χ2v) is 10.8. The van der Waals surface area contributed by atoms with Gasteiger partial charge in [-0.1, -0.05) is 46.9 Å². The molecule has 0 amide bonds. The molecule has 4 heterocycles. The van der Waals surface area contributed by atoms with Gasteiger partial charge in [-0.15, -0.1) is 6.58 Å². The minimum atomic E-state index is 0.0711. The van der Waals surface area contributed by atoms with Crippen molar-refractivity contribution in [1.29, 1.82) is 0 Å². The number of likely N-dealkylation sites (tertiary alicyclic amines) is 1. The van der Waals surface area contributed by atoms with Gasteiger partial charge in [-0.05, 0) is 42.7 Å². The van der Waals surface area contributed by atoms with E-state index in [1.165, 1.54) is 6.33 Å². The molecule has 8 nitrogen and oxygen atoms in total. The van der Waals surface area contributed by atoms with Crippen LogP contribution in [0.2, 0.25) is 15.1 Å². The fraction of sp³-hybridized carbons (Fsp3) is 0.286. The summed E-state index contributed by atoms with van der Waals surface area (Å²) in [7, 11) is 1.58. The maximum absolute atomic E-state index is 7.18. The Hall–Kier alpha value is -3.01. The molecule has 0 spiro atoms. The van der Waals surface area contributed by atoms with Crippen LogP contribution < -0.4 is 15.2 Å². The number of epoxide rings is 1. The Kier molecular flexibility index (Phi) is 7.07. The molecule has 3 unspecified atom stereocenters. The van der Waals surface area contributed by atoms with E-state index in [2.05, 4.69) is 21.6 Å². The maximum Gasteiger partial charge on any atom is 0.169 e. The number of anilines is 1. The number of methoxy groups -OCH3 is 1. The maximum atomic E-state index is 7.18. The van der Waals surface area contributed by atoms with Gasteiger partial charge >= 0.3 is 0 Å². The van der Waals surface area contributed by atoms with Gasteiger partial charge in [0.25, 0.3) is 0 Å². The highest BCUT2D eigenvalue weighted by molar-refractivity contribution is 6.42. The lowest BCUT2D eigenvalue weighted by atomic mass is 9.93. The van der Waals surface area contributed by atoms with Crippen molar-refractivity contribution in [3.8, 4) is 28.4 Å². The first-order chi connectivity index (χ1) is 18.9. The van der Waals surface area contributed by atoms with Gasteiger partial charge in [0, 0.05) is 30.6 Å². The number of halogens is 3. The Labute approximate surface area is 240 Å². The highest BCUT2D eigenvalue weighted by Crippen LogP contribution is 2.46. The van der Waals surface area contributed by atoms with Crippen molar-refractivity contribution >= 4 is 46.1 Å². The predicted molar refractivity (Wildman–Crippen MR) is 153 cm³/mol. The number of ether oxygens (including phenoxy) is 3. The Balaban J connectivity index is 1.39. The zero-order valence-electron chi connectivity index (χ0n) is 21.1. The average molecular weight is 587 g/mol. The second kappa shape index (κ2) is 10.5. The van der Waals surface area contributed by atoms with E-state index in [4.69, 9.17) is 54.7 Å². The summed E-state index contributed by atoms with van der Waals surface area (Å²) in [5.41, 5.74) is 9.51. The van der Waals surface area contributed by atoms with E-state index in [9.17, 15) is 0 Å². The van der Waals surface area contributed by atoms with Crippen LogP contribution in [0.4, 0.5) is 5.82 Å². The van der Waals surface area contributed by atoms with Crippen LogP contribution in [-0.4, -0.2) is 52.0 Å².